The molecule has 3 nitrogen and oxygen atoms in total. The van der Waals surface area contributed by atoms with E-state index in [1.807, 2.05) is 13.8 Å². The van der Waals surface area contributed by atoms with Gasteiger partial charge in [0, 0.05) is 36.0 Å². The molecule has 0 bridgehead atoms. The first kappa shape index (κ1) is 13.6. The number of amides is 1. The van der Waals surface area contributed by atoms with E-state index in [9.17, 15) is 4.79 Å². The highest BCUT2D eigenvalue weighted by Gasteiger charge is 2.35. The van der Waals surface area contributed by atoms with Gasteiger partial charge in [-0.2, -0.15) is 0 Å². The summed E-state index contributed by atoms with van der Waals surface area (Å²) in [4.78, 5) is 13.1. The summed E-state index contributed by atoms with van der Waals surface area (Å²) in [5.41, 5.74) is 0.0803. The van der Waals surface area contributed by atoms with E-state index in [-0.39, 0.29) is 17.2 Å². The van der Waals surface area contributed by atoms with Crippen molar-refractivity contribution in [1.29, 1.82) is 0 Å². The van der Waals surface area contributed by atoms with Gasteiger partial charge in [0.05, 0.1) is 0 Å². The number of carbonyl (C=O) groups is 1. The van der Waals surface area contributed by atoms with Gasteiger partial charge in [0.15, 0.2) is 0 Å². The molecule has 0 saturated carbocycles. The number of nitrogens with one attached hydrogen (secondary N) is 1. The summed E-state index contributed by atoms with van der Waals surface area (Å²) in [6, 6.07) is 4.26. The van der Waals surface area contributed by atoms with Gasteiger partial charge in [0.25, 0.3) is 0 Å². The molecule has 1 aliphatic heterocycles. The van der Waals surface area contributed by atoms with Gasteiger partial charge in [-0.15, -0.1) is 11.3 Å². The Morgan fingerprint density at radius 1 is 1.50 bits per heavy atom. The first-order chi connectivity index (χ1) is 8.64. The van der Waals surface area contributed by atoms with Crippen LogP contribution in [0.15, 0.2) is 17.5 Å². The maximum atomic E-state index is 11.8. The third-order valence-corrected chi connectivity index (χ3v) is 4.74. The van der Waals surface area contributed by atoms with Crippen molar-refractivity contribution >= 4 is 17.2 Å². The molecule has 1 aromatic heterocycles. The molecule has 100 valence electrons. The second-order valence-electron chi connectivity index (χ2n) is 5.24. The fraction of sp³-hybridized carbons (Fsp3) is 0.643. The highest BCUT2D eigenvalue weighted by atomic mass is 32.1. The molecule has 1 saturated heterocycles. The van der Waals surface area contributed by atoms with Gasteiger partial charge in [-0.05, 0) is 24.3 Å². The fourth-order valence-electron chi connectivity index (χ4n) is 2.31. The van der Waals surface area contributed by atoms with E-state index in [1.165, 1.54) is 4.88 Å². The summed E-state index contributed by atoms with van der Waals surface area (Å²) in [7, 11) is 0. The van der Waals surface area contributed by atoms with Gasteiger partial charge < -0.3 is 10.1 Å². The van der Waals surface area contributed by atoms with Crippen LogP contribution in [0.1, 0.15) is 31.6 Å². The Bertz CT molecular complexity index is 381. The third-order valence-electron chi connectivity index (χ3n) is 3.62. The van der Waals surface area contributed by atoms with Crippen molar-refractivity contribution in [3.63, 3.8) is 0 Å². The molecule has 0 spiro atoms. The first-order valence-electron chi connectivity index (χ1n) is 6.53. The molecule has 1 amide bonds. The molecule has 1 N–H and O–H groups in total. The van der Waals surface area contributed by atoms with Crippen LogP contribution in [0.5, 0.6) is 0 Å². The lowest BCUT2D eigenvalue weighted by Crippen LogP contribution is -2.45. The molecule has 0 radical (unpaired) electrons. The van der Waals surface area contributed by atoms with Crippen molar-refractivity contribution in [2.45, 2.75) is 32.1 Å². The normalized spacial score (nSPS) is 18.8. The lowest BCUT2D eigenvalue weighted by Gasteiger charge is -2.36. The van der Waals surface area contributed by atoms with Crippen LogP contribution in [0, 0.1) is 5.92 Å². The van der Waals surface area contributed by atoms with Gasteiger partial charge in [-0.3, -0.25) is 4.79 Å². The van der Waals surface area contributed by atoms with E-state index in [4.69, 9.17) is 4.74 Å². The average molecular weight is 267 g/mol. The fourth-order valence-corrected chi connectivity index (χ4v) is 3.30. The summed E-state index contributed by atoms with van der Waals surface area (Å²) in [6.45, 7) is 6.16. The van der Waals surface area contributed by atoms with Crippen molar-refractivity contribution in [2.75, 3.05) is 19.8 Å². The summed E-state index contributed by atoms with van der Waals surface area (Å²) in [5.74, 6) is 0.183. The number of hydrogen-bond acceptors (Lipinski definition) is 3. The molecule has 4 heteroatoms. The van der Waals surface area contributed by atoms with Crippen LogP contribution in [-0.2, 0) is 14.9 Å². The van der Waals surface area contributed by atoms with E-state index < -0.39 is 0 Å². The van der Waals surface area contributed by atoms with Crippen LogP contribution in [0.4, 0.5) is 0 Å². The van der Waals surface area contributed by atoms with Crippen LogP contribution in [-0.4, -0.2) is 25.7 Å². The number of rotatable bonds is 4. The second kappa shape index (κ2) is 5.85. The molecule has 1 fully saturated rings. The predicted molar refractivity (Wildman–Crippen MR) is 73.9 cm³/mol. The molecule has 0 unspecified atom stereocenters. The maximum Gasteiger partial charge on any atom is 0.222 e. The van der Waals surface area contributed by atoms with Crippen LogP contribution in [0.25, 0.3) is 0 Å². The number of ether oxygens (including phenoxy) is 1. The minimum Gasteiger partial charge on any atom is -0.381 e. The standard InChI is InChI=1S/C14H21NO2S/c1-11(2)13(16)15-10-14(5-7-17-8-6-14)12-4-3-9-18-12/h3-4,9,11H,5-8,10H2,1-2H3,(H,15,16). The van der Waals surface area contributed by atoms with Crippen LogP contribution >= 0.6 is 11.3 Å². The predicted octanol–water partition coefficient (Wildman–Crippen LogP) is 2.57. The summed E-state index contributed by atoms with van der Waals surface area (Å²) < 4.78 is 5.47. The Hall–Kier alpha value is -0.870. The van der Waals surface area contributed by atoms with Crippen molar-refractivity contribution in [2.24, 2.45) is 5.92 Å². The van der Waals surface area contributed by atoms with Gasteiger partial charge in [-0.1, -0.05) is 19.9 Å². The average Bonchev–Trinajstić information content (AvgIpc) is 2.91. The van der Waals surface area contributed by atoms with E-state index in [2.05, 4.69) is 22.8 Å². The van der Waals surface area contributed by atoms with Crippen LogP contribution in [0.3, 0.4) is 0 Å². The van der Waals surface area contributed by atoms with Crippen molar-refractivity contribution < 1.29 is 9.53 Å². The van der Waals surface area contributed by atoms with Crippen molar-refractivity contribution in [3.8, 4) is 0 Å². The lowest BCUT2D eigenvalue weighted by atomic mass is 9.78. The highest BCUT2D eigenvalue weighted by Crippen LogP contribution is 2.36. The molecule has 1 aromatic rings. The van der Waals surface area contributed by atoms with Gasteiger partial charge in [0.1, 0.15) is 0 Å². The monoisotopic (exact) mass is 267 g/mol. The van der Waals surface area contributed by atoms with Gasteiger partial charge >= 0.3 is 0 Å². The minimum absolute atomic E-state index is 0.0465. The smallest absolute Gasteiger partial charge is 0.222 e. The van der Waals surface area contributed by atoms with E-state index in [0.29, 0.717) is 0 Å². The SMILES string of the molecule is CC(C)C(=O)NCC1(c2cccs2)CCOCC1. The zero-order valence-corrected chi connectivity index (χ0v) is 11.9. The van der Waals surface area contributed by atoms with Crippen molar-refractivity contribution in [3.05, 3.63) is 22.4 Å². The Balaban J connectivity index is 2.08. The molecule has 18 heavy (non-hydrogen) atoms. The number of thiophene rings is 1. The molecule has 1 aliphatic rings. The highest BCUT2D eigenvalue weighted by molar-refractivity contribution is 7.10. The van der Waals surface area contributed by atoms with Gasteiger partial charge in [-0.25, -0.2) is 0 Å². The summed E-state index contributed by atoms with van der Waals surface area (Å²) >= 11 is 1.78. The molecule has 2 heterocycles. The lowest BCUT2D eigenvalue weighted by molar-refractivity contribution is -0.124. The molecule has 0 aromatic carbocycles. The van der Waals surface area contributed by atoms with Crippen LogP contribution in [0.2, 0.25) is 0 Å². The molecule has 0 aliphatic carbocycles. The Labute approximate surface area is 113 Å². The third kappa shape index (κ3) is 2.93. The van der Waals surface area contributed by atoms with Crippen molar-refractivity contribution in [1.82, 2.24) is 5.32 Å². The Morgan fingerprint density at radius 2 is 2.22 bits per heavy atom. The number of hydrogen-bond donors (Lipinski definition) is 1. The molecular formula is C14H21NO2S. The quantitative estimate of drug-likeness (QED) is 0.910. The molecule has 0 atom stereocenters. The maximum absolute atomic E-state index is 11.8. The molecular weight excluding hydrogens is 246 g/mol. The second-order valence-corrected chi connectivity index (χ2v) is 6.19. The Kier molecular flexibility index (Phi) is 4.40. The molecule has 2 rings (SSSR count). The largest absolute Gasteiger partial charge is 0.381 e. The van der Waals surface area contributed by atoms with Crippen LogP contribution < -0.4 is 5.32 Å². The van der Waals surface area contributed by atoms with E-state index in [1.54, 1.807) is 11.3 Å². The topological polar surface area (TPSA) is 38.3 Å². The number of carbonyl (C=O) groups excluding carboxylic acids is 1. The minimum atomic E-state index is 0.0465. The zero-order chi connectivity index (χ0) is 13.0. The summed E-state index contributed by atoms with van der Waals surface area (Å²) in [5, 5.41) is 5.20. The first-order valence-corrected chi connectivity index (χ1v) is 7.41. The van der Waals surface area contributed by atoms with E-state index in [0.717, 1.165) is 32.6 Å². The van der Waals surface area contributed by atoms with Gasteiger partial charge in [0.2, 0.25) is 5.91 Å². The van der Waals surface area contributed by atoms with E-state index >= 15 is 0 Å². The zero-order valence-electron chi connectivity index (χ0n) is 11.1. The Morgan fingerprint density at radius 3 is 2.78 bits per heavy atom. The summed E-state index contributed by atoms with van der Waals surface area (Å²) in [6.07, 6.45) is 1.98.